The van der Waals surface area contributed by atoms with Gasteiger partial charge in [0.25, 0.3) is 5.69 Å². The summed E-state index contributed by atoms with van der Waals surface area (Å²) < 4.78 is 44.9. The van der Waals surface area contributed by atoms with Crippen molar-refractivity contribution in [3.8, 4) is 5.75 Å². The molecule has 0 aliphatic heterocycles. The quantitative estimate of drug-likeness (QED) is 0.405. The van der Waals surface area contributed by atoms with E-state index >= 15 is 0 Å². The number of hydrogen-bond acceptors (Lipinski definition) is 4. The molecule has 0 saturated carbocycles. The molecule has 2 aromatic carbocycles. The lowest BCUT2D eigenvalue weighted by Crippen LogP contribution is -2.07. The van der Waals surface area contributed by atoms with Gasteiger partial charge in [-0.05, 0) is 42.0 Å². The van der Waals surface area contributed by atoms with Gasteiger partial charge in [0.2, 0.25) is 0 Å². The molecule has 0 amide bonds. The molecule has 3 aromatic rings. The third-order valence-corrected chi connectivity index (χ3v) is 3.97. The molecule has 146 valence electrons. The largest absolute Gasteiger partial charge is 0.497 e. The number of nitro groups is 1. The smallest absolute Gasteiger partial charge is 0.418 e. The number of nitrogens with zero attached hydrogens (tertiary/aromatic N) is 2. The van der Waals surface area contributed by atoms with E-state index in [1.165, 1.54) is 31.4 Å². The first-order valence-corrected chi connectivity index (χ1v) is 7.76. The summed E-state index contributed by atoms with van der Waals surface area (Å²) in [5.74, 6) is 0.310. The van der Waals surface area contributed by atoms with Crippen LogP contribution in [0.5, 0.6) is 5.75 Å². The van der Waals surface area contributed by atoms with Crippen LogP contribution >= 0.6 is 12.4 Å². The molecule has 0 atom stereocenters. The zero-order valence-electron chi connectivity index (χ0n) is 14.4. The molecule has 1 aromatic heterocycles. The Morgan fingerprint density at radius 3 is 2.32 bits per heavy atom. The van der Waals surface area contributed by atoms with Crippen LogP contribution in [0.1, 0.15) is 16.8 Å². The Hall–Kier alpha value is -3.13. The number of non-ortho nitro benzene ring substituents is 1. The van der Waals surface area contributed by atoms with Crippen molar-refractivity contribution < 1.29 is 22.8 Å². The van der Waals surface area contributed by atoms with Crippen LogP contribution in [0.2, 0.25) is 0 Å². The van der Waals surface area contributed by atoms with E-state index in [1.54, 1.807) is 30.4 Å². The molecule has 0 unspecified atom stereocenters. The monoisotopic (exact) mass is 410 g/mol. The molecule has 5 nitrogen and oxygen atoms in total. The maximum absolute atomic E-state index is 13.3. The Morgan fingerprint density at radius 1 is 1.07 bits per heavy atom. The van der Waals surface area contributed by atoms with Gasteiger partial charge < -0.3 is 4.74 Å². The highest BCUT2D eigenvalue weighted by Crippen LogP contribution is 2.37. The fourth-order valence-corrected chi connectivity index (χ4v) is 2.61. The maximum atomic E-state index is 13.3. The van der Waals surface area contributed by atoms with Crippen LogP contribution in [0.25, 0.3) is 22.9 Å². The van der Waals surface area contributed by atoms with E-state index in [2.05, 4.69) is 4.98 Å². The van der Waals surface area contributed by atoms with Crippen LogP contribution in [0.15, 0.2) is 48.7 Å². The number of fused-ring (bicyclic) bond motifs is 1. The van der Waals surface area contributed by atoms with Crippen molar-refractivity contribution in [2.24, 2.45) is 0 Å². The topological polar surface area (TPSA) is 65.3 Å². The van der Waals surface area contributed by atoms with E-state index in [1.807, 2.05) is 0 Å². The molecule has 28 heavy (non-hydrogen) atoms. The van der Waals surface area contributed by atoms with Crippen molar-refractivity contribution in [2.45, 2.75) is 6.18 Å². The van der Waals surface area contributed by atoms with Crippen molar-refractivity contribution in [1.82, 2.24) is 4.98 Å². The number of ether oxygens (including phenoxy) is 1. The fraction of sp³-hybridized carbons (Fsp3) is 0.105. The van der Waals surface area contributed by atoms with Gasteiger partial charge >= 0.3 is 6.18 Å². The van der Waals surface area contributed by atoms with Gasteiger partial charge in [-0.3, -0.25) is 15.1 Å². The van der Waals surface area contributed by atoms with Gasteiger partial charge in [-0.1, -0.05) is 6.08 Å². The minimum absolute atomic E-state index is 0. The highest BCUT2D eigenvalue weighted by molar-refractivity contribution is 5.94. The minimum atomic E-state index is -4.54. The molecular formula is C19H14ClF3N2O3. The van der Waals surface area contributed by atoms with E-state index in [0.29, 0.717) is 22.4 Å². The third kappa shape index (κ3) is 4.40. The molecule has 0 fully saturated rings. The molecule has 0 bridgehead atoms. The molecule has 0 spiro atoms. The van der Waals surface area contributed by atoms with Crippen LogP contribution < -0.4 is 4.74 Å². The van der Waals surface area contributed by atoms with Crippen molar-refractivity contribution in [3.05, 3.63) is 75.6 Å². The van der Waals surface area contributed by atoms with Gasteiger partial charge in [0.1, 0.15) is 5.75 Å². The number of rotatable bonds is 4. The molecule has 0 saturated heterocycles. The second-order valence-corrected chi connectivity index (χ2v) is 5.65. The average molecular weight is 411 g/mol. The van der Waals surface area contributed by atoms with Gasteiger partial charge in [0, 0.05) is 29.1 Å². The standard InChI is InChI=1S/C19H13F3N2O3.ClH/c1-27-14-7-8-15-16(10-14)17(19(20,21)22)11-23-18(15)9-4-12-2-5-13(6-3-12)24(25)26;/h2-11H,1H3;1H. The molecule has 0 aliphatic carbocycles. The Kier molecular flexibility index (Phi) is 6.25. The van der Waals surface area contributed by atoms with Crippen molar-refractivity contribution in [1.29, 1.82) is 0 Å². The van der Waals surface area contributed by atoms with Crippen LogP contribution in [0.4, 0.5) is 18.9 Å². The fourth-order valence-electron chi connectivity index (χ4n) is 2.61. The van der Waals surface area contributed by atoms with Crippen LogP contribution in [0, 0.1) is 10.1 Å². The van der Waals surface area contributed by atoms with Crippen molar-refractivity contribution >= 4 is 41.0 Å². The molecule has 0 aliphatic rings. The molecule has 3 rings (SSSR count). The van der Waals surface area contributed by atoms with E-state index in [0.717, 1.165) is 6.20 Å². The number of aromatic nitrogens is 1. The summed E-state index contributed by atoms with van der Waals surface area (Å²) >= 11 is 0. The first kappa shape index (κ1) is 21.2. The zero-order valence-corrected chi connectivity index (χ0v) is 15.3. The summed E-state index contributed by atoms with van der Waals surface area (Å²) in [5, 5.41) is 11.0. The number of hydrogen-bond donors (Lipinski definition) is 0. The lowest BCUT2D eigenvalue weighted by molar-refractivity contribution is -0.384. The van der Waals surface area contributed by atoms with Crippen molar-refractivity contribution in [3.63, 3.8) is 0 Å². The molecule has 9 heteroatoms. The van der Waals surface area contributed by atoms with Crippen LogP contribution in [0.3, 0.4) is 0 Å². The number of nitro benzene ring substituents is 1. The van der Waals surface area contributed by atoms with Crippen LogP contribution in [-0.2, 0) is 6.18 Å². The van der Waals surface area contributed by atoms with Gasteiger partial charge in [-0.2, -0.15) is 13.2 Å². The maximum Gasteiger partial charge on any atom is 0.418 e. The van der Waals surface area contributed by atoms with Gasteiger partial charge in [-0.15, -0.1) is 12.4 Å². The van der Waals surface area contributed by atoms with Gasteiger partial charge in [-0.25, -0.2) is 0 Å². The summed E-state index contributed by atoms with van der Waals surface area (Å²) in [6.07, 6.45) is -0.561. The first-order valence-electron chi connectivity index (χ1n) is 7.76. The summed E-state index contributed by atoms with van der Waals surface area (Å²) in [4.78, 5) is 14.1. The van der Waals surface area contributed by atoms with E-state index < -0.39 is 16.7 Å². The molecule has 0 radical (unpaired) electrons. The van der Waals surface area contributed by atoms with Gasteiger partial charge in [0.15, 0.2) is 0 Å². The summed E-state index contributed by atoms with van der Waals surface area (Å²) in [5.41, 5.74) is 0.115. The van der Waals surface area contributed by atoms with Crippen molar-refractivity contribution in [2.75, 3.05) is 7.11 Å². The lowest BCUT2D eigenvalue weighted by atomic mass is 10.0. The van der Waals surface area contributed by atoms with E-state index in [9.17, 15) is 23.3 Å². The Bertz CT molecular complexity index is 1040. The number of benzene rings is 2. The summed E-state index contributed by atoms with van der Waals surface area (Å²) in [6, 6.07) is 10.2. The Labute approximate surface area is 164 Å². The highest BCUT2D eigenvalue weighted by atomic mass is 35.5. The molecule has 0 N–H and O–H groups in total. The molecular weight excluding hydrogens is 397 g/mol. The second kappa shape index (κ2) is 8.26. The normalized spacial score (nSPS) is 11.4. The summed E-state index contributed by atoms with van der Waals surface area (Å²) in [7, 11) is 1.38. The number of alkyl halides is 3. The Balaban J connectivity index is 0.00000280. The van der Waals surface area contributed by atoms with E-state index in [-0.39, 0.29) is 23.5 Å². The average Bonchev–Trinajstić information content (AvgIpc) is 2.64. The minimum Gasteiger partial charge on any atom is -0.497 e. The number of pyridine rings is 1. The van der Waals surface area contributed by atoms with Gasteiger partial charge in [0.05, 0.1) is 23.3 Å². The lowest BCUT2D eigenvalue weighted by Gasteiger charge is -2.12. The highest BCUT2D eigenvalue weighted by Gasteiger charge is 2.33. The third-order valence-electron chi connectivity index (χ3n) is 3.97. The van der Waals surface area contributed by atoms with E-state index in [4.69, 9.17) is 4.74 Å². The zero-order chi connectivity index (χ0) is 19.6. The molecule has 1 heterocycles. The Morgan fingerprint density at radius 2 is 1.75 bits per heavy atom. The number of methoxy groups -OCH3 is 1. The predicted octanol–water partition coefficient (Wildman–Crippen LogP) is 5.76. The number of halogens is 4. The SMILES string of the molecule is COc1ccc2c(C=Cc3ccc([N+](=O)[O-])cc3)ncc(C(F)(F)F)c2c1.Cl. The first-order chi connectivity index (χ1) is 12.8. The second-order valence-electron chi connectivity index (χ2n) is 5.65. The summed E-state index contributed by atoms with van der Waals surface area (Å²) in [6.45, 7) is 0. The van der Waals surface area contributed by atoms with Crippen LogP contribution in [-0.4, -0.2) is 17.0 Å². The predicted molar refractivity (Wildman–Crippen MR) is 103 cm³/mol.